The van der Waals surface area contributed by atoms with E-state index in [-0.39, 0.29) is 0 Å². The third-order valence-electron chi connectivity index (χ3n) is 0.636. The van der Waals surface area contributed by atoms with Gasteiger partial charge in [-0.25, -0.2) is 8.42 Å². The van der Waals surface area contributed by atoms with Crippen molar-refractivity contribution in [1.82, 2.24) is 0 Å². The largest absolute Gasteiger partial charge is 0.279 e. The van der Waals surface area contributed by atoms with Crippen LogP contribution in [0.3, 0.4) is 0 Å². The molecule has 0 radical (unpaired) electrons. The summed E-state index contributed by atoms with van der Waals surface area (Å²) in [6.45, 7) is 0. The molecular formula is C2Cl6O2S. The zero-order valence-corrected chi connectivity index (χ0v) is 9.84. The van der Waals surface area contributed by atoms with E-state index in [2.05, 4.69) is 0 Å². The second-order valence-electron chi connectivity index (χ2n) is 1.45. The number of hydrogen-bond acceptors (Lipinski definition) is 2. The molecule has 0 aliphatic rings. The van der Waals surface area contributed by atoms with E-state index in [1.165, 1.54) is 0 Å². The maximum absolute atomic E-state index is 10.5. The maximum Gasteiger partial charge on any atom is 0.279 e. The summed E-state index contributed by atoms with van der Waals surface area (Å²) in [5, 5.41) is 0. The number of hydrogen-bond donors (Lipinski definition) is 0. The highest BCUT2D eigenvalue weighted by Crippen LogP contribution is 2.50. The van der Waals surface area contributed by atoms with Gasteiger partial charge in [0.1, 0.15) is 0 Å². The molecule has 0 N–H and O–H groups in total. The Morgan fingerprint density at radius 3 is 1.18 bits per heavy atom. The molecule has 0 fully saturated rings. The minimum atomic E-state index is -4.35. The van der Waals surface area contributed by atoms with Crippen molar-refractivity contribution in [3.05, 3.63) is 0 Å². The number of halogens is 6. The van der Waals surface area contributed by atoms with Crippen molar-refractivity contribution >= 4 is 77.7 Å². The predicted molar refractivity (Wildman–Crippen MR) is 49.5 cm³/mol. The SMILES string of the molecule is O=S(=O)(Cl)C(Cl)(Cl)C(Cl)(Cl)Cl. The standard InChI is InChI=1S/C2Cl6O2S/c3-1(4,5)2(6,7)11(8,9)10. The lowest BCUT2D eigenvalue weighted by Crippen LogP contribution is -2.36. The molecule has 0 rings (SSSR count). The van der Waals surface area contributed by atoms with Crippen molar-refractivity contribution < 1.29 is 8.42 Å². The lowest BCUT2D eigenvalue weighted by atomic mass is 10.9. The van der Waals surface area contributed by atoms with E-state index >= 15 is 0 Å². The monoisotopic (exact) mass is 298 g/mol. The van der Waals surface area contributed by atoms with Crippen LogP contribution in [0, 0.1) is 0 Å². The van der Waals surface area contributed by atoms with Crippen LogP contribution < -0.4 is 0 Å². The fourth-order valence-electron chi connectivity index (χ4n) is 0.138. The van der Waals surface area contributed by atoms with E-state index in [0.29, 0.717) is 0 Å². The van der Waals surface area contributed by atoms with Crippen LogP contribution in [0.25, 0.3) is 0 Å². The molecule has 2 nitrogen and oxygen atoms in total. The molecule has 0 saturated carbocycles. The minimum Gasteiger partial charge on any atom is -0.209 e. The molecule has 0 bridgehead atoms. The van der Waals surface area contributed by atoms with Crippen LogP contribution >= 0.6 is 68.7 Å². The second-order valence-corrected chi connectivity index (χ2v) is 8.22. The van der Waals surface area contributed by atoms with Crippen molar-refractivity contribution in [3.8, 4) is 0 Å². The van der Waals surface area contributed by atoms with Crippen molar-refractivity contribution in [3.63, 3.8) is 0 Å². The summed E-state index contributed by atoms with van der Waals surface area (Å²) in [4.78, 5) is 0. The molecule has 0 amide bonds. The summed E-state index contributed by atoms with van der Waals surface area (Å²) in [7, 11) is 0.412. The first kappa shape index (κ1) is 12.7. The van der Waals surface area contributed by atoms with Gasteiger partial charge in [-0.1, -0.05) is 58.0 Å². The average Bonchev–Trinajstić information content (AvgIpc) is 1.58. The molecule has 0 aromatic rings. The second kappa shape index (κ2) is 3.45. The van der Waals surface area contributed by atoms with Gasteiger partial charge in [0.15, 0.2) is 0 Å². The zero-order valence-electron chi connectivity index (χ0n) is 4.49. The molecule has 0 spiro atoms. The van der Waals surface area contributed by atoms with Crippen LogP contribution in [0.1, 0.15) is 0 Å². The Labute approximate surface area is 93.1 Å². The summed E-state index contributed by atoms with van der Waals surface area (Å²) in [5.74, 6) is 0. The highest BCUT2D eigenvalue weighted by Gasteiger charge is 2.56. The molecule has 68 valence electrons. The zero-order chi connectivity index (χ0) is 9.50. The molecule has 0 aromatic carbocycles. The summed E-state index contributed by atoms with van der Waals surface area (Å²) in [6, 6.07) is 0. The van der Waals surface area contributed by atoms with Crippen LogP contribution in [0.4, 0.5) is 0 Å². The van der Waals surface area contributed by atoms with Gasteiger partial charge in [0, 0.05) is 10.7 Å². The van der Waals surface area contributed by atoms with Crippen LogP contribution in [0.5, 0.6) is 0 Å². The van der Waals surface area contributed by atoms with Crippen LogP contribution in [-0.4, -0.2) is 15.9 Å². The quantitative estimate of drug-likeness (QED) is 0.551. The average molecular weight is 301 g/mol. The van der Waals surface area contributed by atoms with Gasteiger partial charge < -0.3 is 0 Å². The highest BCUT2D eigenvalue weighted by atomic mass is 35.7. The Hall–Kier alpha value is 1.69. The number of rotatable bonds is 1. The van der Waals surface area contributed by atoms with Gasteiger partial charge >= 0.3 is 0 Å². The maximum atomic E-state index is 10.5. The topological polar surface area (TPSA) is 34.1 Å². The minimum absolute atomic E-state index is 2.39. The Morgan fingerprint density at radius 1 is 0.909 bits per heavy atom. The van der Waals surface area contributed by atoms with Gasteiger partial charge in [-0.2, -0.15) is 0 Å². The summed E-state index contributed by atoms with van der Waals surface area (Å²) in [6.07, 6.45) is 0. The number of alkyl halides is 5. The van der Waals surface area contributed by atoms with Crippen LogP contribution in [-0.2, 0) is 9.05 Å². The third kappa shape index (κ3) is 2.83. The molecule has 0 aliphatic heterocycles. The van der Waals surface area contributed by atoms with Crippen molar-refractivity contribution in [2.75, 3.05) is 0 Å². The van der Waals surface area contributed by atoms with E-state index in [1.54, 1.807) is 0 Å². The van der Waals surface area contributed by atoms with Crippen LogP contribution in [0.2, 0.25) is 0 Å². The Bertz CT molecular complexity index is 236. The van der Waals surface area contributed by atoms with Crippen molar-refractivity contribution in [2.24, 2.45) is 0 Å². The van der Waals surface area contributed by atoms with Gasteiger partial charge in [-0.15, -0.1) is 0 Å². The Balaban J connectivity index is 5.08. The first-order valence-corrected chi connectivity index (χ1v) is 6.09. The summed E-state index contributed by atoms with van der Waals surface area (Å²) >= 11 is 25.6. The van der Waals surface area contributed by atoms with Gasteiger partial charge in [0.05, 0.1) is 0 Å². The van der Waals surface area contributed by atoms with Crippen molar-refractivity contribution in [2.45, 2.75) is 7.46 Å². The van der Waals surface area contributed by atoms with E-state index in [0.717, 1.165) is 0 Å². The fourth-order valence-corrected chi connectivity index (χ4v) is 2.03. The summed E-state index contributed by atoms with van der Waals surface area (Å²) < 4.78 is 16.1. The molecule has 0 heterocycles. The molecule has 0 atom stereocenters. The molecular weight excluding hydrogens is 301 g/mol. The molecule has 0 saturated heterocycles. The molecule has 11 heavy (non-hydrogen) atoms. The summed E-state index contributed by atoms with van der Waals surface area (Å²) in [5.41, 5.74) is 0. The van der Waals surface area contributed by atoms with E-state index in [4.69, 9.17) is 68.7 Å². The fraction of sp³-hybridized carbons (Fsp3) is 1.00. The molecule has 0 aromatic heterocycles. The van der Waals surface area contributed by atoms with E-state index in [1.807, 2.05) is 0 Å². The predicted octanol–water partition coefficient (Wildman–Crippen LogP) is 3.06. The first-order chi connectivity index (χ1) is 4.50. The molecule has 0 aliphatic carbocycles. The van der Waals surface area contributed by atoms with Gasteiger partial charge in [0.2, 0.25) is 3.79 Å². The highest BCUT2D eigenvalue weighted by molar-refractivity contribution is 8.17. The smallest absolute Gasteiger partial charge is 0.209 e. The lowest BCUT2D eigenvalue weighted by Gasteiger charge is -2.23. The van der Waals surface area contributed by atoms with Crippen molar-refractivity contribution in [1.29, 1.82) is 0 Å². The Morgan fingerprint density at radius 2 is 1.18 bits per heavy atom. The molecule has 9 heteroatoms. The van der Waals surface area contributed by atoms with E-state index < -0.39 is 16.5 Å². The molecule has 0 unspecified atom stereocenters. The van der Waals surface area contributed by atoms with Gasteiger partial charge in [-0.3, -0.25) is 0 Å². The van der Waals surface area contributed by atoms with Crippen LogP contribution in [0.15, 0.2) is 0 Å². The first-order valence-electron chi connectivity index (χ1n) is 1.89. The normalized spacial score (nSPS) is 15.1. The van der Waals surface area contributed by atoms with Gasteiger partial charge in [0.25, 0.3) is 12.7 Å². The lowest BCUT2D eigenvalue weighted by molar-refractivity contribution is 0.602. The van der Waals surface area contributed by atoms with Gasteiger partial charge in [-0.05, 0) is 0 Å². The van der Waals surface area contributed by atoms with E-state index in [9.17, 15) is 8.42 Å². The third-order valence-corrected chi connectivity index (χ3v) is 6.28. The Kier molecular flexibility index (Phi) is 3.98.